The Morgan fingerprint density at radius 1 is 0.966 bits per heavy atom. The third-order valence-corrected chi connectivity index (χ3v) is 6.86. The van der Waals surface area contributed by atoms with E-state index < -0.39 is 5.92 Å². The minimum absolute atomic E-state index is 0.0575. The van der Waals surface area contributed by atoms with Crippen LogP contribution in [0, 0.1) is 0 Å². The second kappa shape index (κ2) is 6.70. The third-order valence-electron chi connectivity index (χ3n) is 6.43. The molecule has 2 aromatic carbocycles. The van der Waals surface area contributed by atoms with Gasteiger partial charge in [-0.3, -0.25) is 19.7 Å². The van der Waals surface area contributed by atoms with Gasteiger partial charge in [0.1, 0.15) is 0 Å². The van der Waals surface area contributed by atoms with E-state index >= 15 is 0 Å². The summed E-state index contributed by atoms with van der Waals surface area (Å²) < 4.78 is 0. The van der Waals surface area contributed by atoms with Crippen LogP contribution >= 0.6 is 11.6 Å². The molecule has 2 saturated heterocycles. The first-order valence-electron chi connectivity index (χ1n) is 10.0. The highest BCUT2D eigenvalue weighted by atomic mass is 35.5. The van der Waals surface area contributed by atoms with Crippen LogP contribution in [0.15, 0.2) is 42.5 Å². The van der Waals surface area contributed by atoms with Gasteiger partial charge in [-0.25, -0.2) is 0 Å². The Labute approximate surface area is 174 Å². The number of nitrogens with zero attached hydrogens (tertiary/aromatic N) is 1. The number of anilines is 1. The number of hydrogen-bond donors (Lipinski definition) is 1. The SMILES string of the molecule is O=C1CCC(c2cccc(-c3ccc(N4C(=O)CCC45CC5)cc3)c2Cl)C(=O)N1. The fraction of sp³-hybridized carbons (Fsp3) is 0.348. The minimum Gasteiger partial charge on any atom is -0.306 e. The molecule has 29 heavy (non-hydrogen) atoms. The van der Waals surface area contributed by atoms with E-state index in [0.29, 0.717) is 24.3 Å². The van der Waals surface area contributed by atoms with Gasteiger partial charge in [-0.15, -0.1) is 0 Å². The molecule has 3 aliphatic rings. The number of rotatable bonds is 3. The molecule has 3 fully saturated rings. The number of carbonyl (C=O) groups is 3. The summed E-state index contributed by atoms with van der Waals surface area (Å²) in [5.74, 6) is -0.749. The van der Waals surface area contributed by atoms with Crippen LogP contribution in [0.3, 0.4) is 0 Å². The molecule has 5 rings (SSSR count). The summed E-state index contributed by atoms with van der Waals surface area (Å²) in [4.78, 5) is 38.0. The smallest absolute Gasteiger partial charge is 0.234 e. The van der Waals surface area contributed by atoms with Gasteiger partial charge in [0.2, 0.25) is 17.7 Å². The molecule has 0 aromatic heterocycles. The molecule has 1 spiro atoms. The molecule has 0 bridgehead atoms. The van der Waals surface area contributed by atoms with E-state index in [1.807, 2.05) is 47.4 Å². The highest BCUT2D eigenvalue weighted by Crippen LogP contribution is 2.52. The van der Waals surface area contributed by atoms with E-state index in [-0.39, 0.29) is 23.3 Å². The zero-order chi connectivity index (χ0) is 20.2. The van der Waals surface area contributed by atoms with E-state index in [1.165, 1.54) is 0 Å². The molecule has 1 unspecified atom stereocenters. The van der Waals surface area contributed by atoms with Gasteiger partial charge < -0.3 is 4.90 Å². The molecule has 1 aliphatic carbocycles. The van der Waals surface area contributed by atoms with Crippen molar-refractivity contribution in [2.45, 2.75) is 50.0 Å². The van der Waals surface area contributed by atoms with Crippen LogP contribution in [0.2, 0.25) is 5.02 Å². The topological polar surface area (TPSA) is 66.5 Å². The van der Waals surface area contributed by atoms with Crippen molar-refractivity contribution in [3.63, 3.8) is 0 Å². The van der Waals surface area contributed by atoms with Gasteiger partial charge >= 0.3 is 0 Å². The molecule has 1 N–H and O–H groups in total. The molecule has 1 saturated carbocycles. The first-order valence-corrected chi connectivity index (χ1v) is 10.4. The summed E-state index contributed by atoms with van der Waals surface area (Å²) in [5.41, 5.74) is 3.51. The van der Waals surface area contributed by atoms with Crippen LogP contribution in [0.1, 0.15) is 50.0 Å². The lowest BCUT2D eigenvalue weighted by atomic mass is 9.88. The van der Waals surface area contributed by atoms with Crippen molar-refractivity contribution in [2.24, 2.45) is 0 Å². The molecule has 2 aromatic rings. The summed E-state index contributed by atoms with van der Waals surface area (Å²) >= 11 is 6.69. The van der Waals surface area contributed by atoms with Crippen molar-refractivity contribution in [3.05, 3.63) is 53.1 Å². The Hall–Kier alpha value is -2.66. The van der Waals surface area contributed by atoms with E-state index in [4.69, 9.17) is 11.6 Å². The maximum absolute atomic E-state index is 12.4. The van der Waals surface area contributed by atoms with Crippen LogP contribution in [0.4, 0.5) is 5.69 Å². The summed E-state index contributed by atoms with van der Waals surface area (Å²) in [6.45, 7) is 0. The lowest BCUT2D eigenvalue weighted by molar-refractivity contribution is -0.134. The maximum Gasteiger partial charge on any atom is 0.234 e. The lowest BCUT2D eigenvalue weighted by Crippen LogP contribution is -2.39. The van der Waals surface area contributed by atoms with Gasteiger partial charge in [-0.1, -0.05) is 41.9 Å². The third kappa shape index (κ3) is 3.04. The molecule has 2 aliphatic heterocycles. The fourth-order valence-corrected chi connectivity index (χ4v) is 5.05. The fourth-order valence-electron chi connectivity index (χ4n) is 4.69. The molecule has 5 nitrogen and oxygen atoms in total. The van der Waals surface area contributed by atoms with Crippen LogP contribution in [0.25, 0.3) is 11.1 Å². The Bertz CT molecular complexity index is 1030. The maximum atomic E-state index is 12.4. The number of benzene rings is 2. The van der Waals surface area contributed by atoms with Crippen LogP contribution < -0.4 is 10.2 Å². The van der Waals surface area contributed by atoms with E-state index in [1.54, 1.807) is 0 Å². The first kappa shape index (κ1) is 18.4. The van der Waals surface area contributed by atoms with Gasteiger partial charge in [-0.2, -0.15) is 0 Å². The quantitative estimate of drug-likeness (QED) is 0.774. The average Bonchev–Trinajstić information content (AvgIpc) is 3.41. The Kier molecular flexibility index (Phi) is 4.24. The van der Waals surface area contributed by atoms with Crippen molar-refractivity contribution < 1.29 is 14.4 Å². The summed E-state index contributed by atoms with van der Waals surface area (Å²) in [6.07, 6.45) is 4.53. The average molecular weight is 409 g/mol. The predicted molar refractivity (Wildman–Crippen MR) is 111 cm³/mol. The van der Waals surface area contributed by atoms with E-state index in [9.17, 15) is 14.4 Å². The second-order valence-corrected chi connectivity index (χ2v) is 8.59. The number of piperidine rings is 1. The van der Waals surface area contributed by atoms with Crippen molar-refractivity contribution in [3.8, 4) is 11.1 Å². The van der Waals surface area contributed by atoms with Gasteiger partial charge in [-0.05, 0) is 48.9 Å². The van der Waals surface area contributed by atoms with Crippen LogP contribution in [0.5, 0.6) is 0 Å². The van der Waals surface area contributed by atoms with E-state index in [2.05, 4.69) is 5.32 Å². The van der Waals surface area contributed by atoms with Crippen molar-refractivity contribution in [1.82, 2.24) is 5.32 Å². The van der Waals surface area contributed by atoms with Crippen molar-refractivity contribution >= 4 is 35.0 Å². The predicted octanol–water partition coefficient (Wildman–Crippen LogP) is 4.19. The van der Waals surface area contributed by atoms with Gasteiger partial charge in [0.05, 0.1) is 10.9 Å². The Balaban J connectivity index is 1.45. The van der Waals surface area contributed by atoms with Crippen molar-refractivity contribution in [2.75, 3.05) is 4.90 Å². The highest BCUT2D eigenvalue weighted by Gasteiger charge is 2.54. The molecule has 6 heteroatoms. The van der Waals surface area contributed by atoms with Gasteiger partial charge in [0.25, 0.3) is 0 Å². The standard InChI is InChI=1S/C23H21ClN2O3/c24-21-16(2-1-3-17(21)18-8-9-19(27)25-22(18)29)14-4-6-15(7-5-14)26-20(28)10-11-23(26)12-13-23/h1-7,18H,8-13H2,(H,25,27,29). The van der Waals surface area contributed by atoms with Crippen LogP contribution in [-0.4, -0.2) is 23.3 Å². The van der Waals surface area contributed by atoms with Crippen molar-refractivity contribution in [1.29, 1.82) is 0 Å². The first-order chi connectivity index (χ1) is 14.0. The Morgan fingerprint density at radius 2 is 1.72 bits per heavy atom. The lowest BCUT2D eigenvalue weighted by Gasteiger charge is -2.25. The number of imide groups is 1. The zero-order valence-corrected chi connectivity index (χ0v) is 16.7. The molecule has 2 heterocycles. The Morgan fingerprint density at radius 3 is 2.41 bits per heavy atom. The molecular weight excluding hydrogens is 388 g/mol. The van der Waals surface area contributed by atoms with Gasteiger partial charge in [0, 0.05) is 29.6 Å². The summed E-state index contributed by atoms with van der Waals surface area (Å²) in [5, 5.41) is 2.93. The highest BCUT2D eigenvalue weighted by molar-refractivity contribution is 6.34. The van der Waals surface area contributed by atoms with E-state index in [0.717, 1.165) is 41.6 Å². The number of carbonyl (C=O) groups excluding carboxylic acids is 3. The molecule has 0 radical (unpaired) electrons. The molecule has 3 amide bonds. The molecular formula is C23H21ClN2O3. The normalized spacial score (nSPS) is 22.9. The second-order valence-electron chi connectivity index (χ2n) is 8.21. The summed E-state index contributed by atoms with van der Waals surface area (Å²) in [6, 6.07) is 13.6. The zero-order valence-electron chi connectivity index (χ0n) is 15.9. The number of amides is 3. The summed E-state index contributed by atoms with van der Waals surface area (Å²) in [7, 11) is 0. The number of halogens is 1. The molecule has 148 valence electrons. The van der Waals surface area contributed by atoms with Gasteiger partial charge in [0.15, 0.2) is 0 Å². The monoisotopic (exact) mass is 408 g/mol. The number of hydrogen-bond acceptors (Lipinski definition) is 3. The number of nitrogens with one attached hydrogen (secondary N) is 1. The minimum atomic E-state index is -0.420. The van der Waals surface area contributed by atoms with Crippen LogP contribution in [-0.2, 0) is 14.4 Å². The molecule has 1 atom stereocenters. The largest absolute Gasteiger partial charge is 0.306 e.